The summed E-state index contributed by atoms with van der Waals surface area (Å²) in [5.74, 6) is 0.149. The number of hydrogen-bond acceptors (Lipinski definition) is 3. The summed E-state index contributed by atoms with van der Waals surface area (Å²) in [6, 6.07) is 5.96. The first-order valence-corrected chi connectivity index (χ1v) is 11.1. The fourth-order valence-electron chi connectivity index (χ4n) is 5.20. The van der Waals surface area contributed by atoms with Gasteiger partial charge in [0, 0.05) is 13.1 Å². The lowest BCUT2D eigenvalue weighted by atomic mass is 9.76. The van der Waals surface area contributed by atoms with Crippen LogP contribution in [0.5, 0.6) is 0 Å². The van der Waals surface area contributed by atoms with Gasteiger partial charge in [-0.05, 0) is 65.0 Å². The van der Waals surface area contributed by atoms with Crippen LogP contribution in [-0.4, -0.2) is 46.5 Å². The smallest absolute Gasteiger partial charge is 0.410 e. The van der Waals surface area contributed by atoms with Crippen LogP contribution in [0.4, 0.5) is 4.79 Å². The SMILES string of the molecule is C=CCC1(CC=C)CC2[C@H](c3ccc(C)cc3C)N(C(=O)OC(C)(C)C)CCN2C1=O. The number of carbonyl (C=O) groups excluding carboxylic acids is 2. The second-order valence-electron chi connectivity index (χ2n) is 10.0. The Morgan fingerprint density at radius 2 is 1.84 bits per heavy atom. The van der Waals surface area contributed by atoms with E-state index < -0.39 is 11.0 Å². The third kappa shape index (κ3) is 4.41. The van der Waals surface area contributed by atoms with E-state index in [4.69, 9.17) is 4.74 Å². The van der Waals surface area contributed by atoms with Gasteiger partial charge in [0.05, 0.1) is 17.5 Å². The molecule has 5 nitrogen and oxygen atoms in total. The highest BCUT2D eigenvalue weighted by Gasteiger charge is 2.56. The number of fused-ring (bicyclic) bond motifs is 1. The van der Waals surface area contributed by atoms with E-state index in [0.717, 1.165) is 11.1 Å². The van der Waals surface area contributed by atoms with Crippen LogP contribution in [0, 0.1) is 19.3 Å². The molecule has 1 unspecified atom stereocenters. The van der Waals surface area contributed by atoms with Crippen LogP contribution in [0.1, 0.15) is 62.8 Å². The first-order valence-electron chi connectivity index (χ1n) is 11.1. The molecule has 1 aromatic carbocycles. The summed E-state index contributed by atoms with van der Waals surface area (Å²) in [5, 5.41) is 0. The Morgan fingerprint density at radius 1 is 1.19 bits per heavy atom. The molecule has 0 aliphatic carbocycles. The van der Waals surface area contributed by atoms with Gasteiger partial charge in [-0.25, -0.2) is 4.79 Å². The molecular formula is C26H36N2O3. The molecule has 2 amide bonds. The van der Waals surface area contributed by atoms with Crippen LogP contribution in [0.25, 0.3) is 0 Å². The van der Waals surface area contributed by atoms with Crippen LogP contribution < -0.4 is 0 Å². The molecule has 31 heavy (non-hydrogen) atoms. The van der Waals surface area contributed by atoms with E-state index in [9.17, 15) is 9.59 Å². The van der Waals surface area contributed by atoms with E-state index in [-0.39, 0.29) is 24.1 Å². The molecule has 2 heterocycles. The van der Waals surface area contributed by atoms with Gasteiger partial charge in [-0.1, -0.05) is 35.9 Å². The van der Waals surface area contributed by atoms with Crippen molar-refractivity contribution in [3.05, 3.63) is 60.2 Å². The summed E-state index contributed by atoms with van der Waals surface area (Å²) >= 11 is 0. The van der Waals surface area contributed by atoms with Crippen LogP contribution >= 0.6 is 0 Å². The Hall–Kier alpha value is -2.56. The van der Waals surface area contributed by atoms with Gasteiger partial charge in [0.15, 0.2) is 0 Å². The van der Waals surface area contributed by atoms with Crippen LogP contribution in [0.3, 0.4) is 0 Å². The Balaban J connectivity index is 2.07. The van der Waals surface area contributed by atoms with Crippen molar-refractivity contribution in [2.75, 3.05) is 13.1 Å². The largest absolute Gasteiger partial charge is 0.444 e. The molecular weight excluding hydrogens is 388 g/mol. The van der Waals surface area contributed by atoms with Crippen molar-refractivity contribution in [3.63, 3.8) is 0 Å². The maximum absolute atomic E-state index is 13.6. The average molecular weight is 425 g/mol. The highest BCUT2D eigenvalue weighted by atomic mass is 16.6. The molecule has 0 bridgehead atoms. The number of nitrogens with zero attached hydrogens (tertiary/aromatic N) is 2. The van der Waals surface area contributed by atoms with Crippen LogP contribution in [-0.2, 0) is 9.53 Å². The van der Waals surface area contributed by atoms with Crippen molar-refractivity contribution in [2.24, 2.45) is 5.41 Å². The summed E-state index contributed by atoms with van der Waals surface area (Å²) in [6.45, 7) is 18.5. The van der Waals surface area contributed by atoms with E-state index >= 15 is 0 Å². The predicted molar refractivity (Wildman–Crippen MR) is 124 cm³/mol. The highest BCUT2D eigenvalue weighted by Crippen LogP contribution is 2.49. The number of benzene rings is 1. The van der Waals surface area contributed by atoms with Gasteiger partial charge < -0.3 is 9.64 Å². The molecule has 2 saturated heterocycles. The molecule has 5 heteroatoms. The van der Waals surface area contributed by atoms with Gasteiger partial charge in [-0.2, -0.15) is 0 Å². The average Bonchev–Trinajstić information content (AvgIpc) is 2.93. The molecule has 0 spiro atoms. The van der Waals surface area contributed by atoms with E-state index in [1.165, 1.54) is 5.56 Å². The first-order chi connectivity index (χ1) is 14.5. The molecule has 0 aromatic heterocycles. The minimum atomic E-state index is -0.581. The second kappa shape index (κ2) is 8.52. The van der Waals surface area contributed by atoms with E-state index in [1.807, 2.05) is 42.7 Å². The minimum absolute atomic E-state index is 0.102. The number of piperazine rings is 1. The quantitative estimate of drug-likeness (QED) is 0.600. The summed E-state index contributed by atoms with van der Waals surface area (Å²) in [5.41, 5.74) is 2.26. The zero-order valence-corrected chi connectivity index (χ0v) is 19.6. The fraction of sp³-hybridized carbons (Fsp3) is 0.538. The van der Waals surface area contributed by atoms with Gasteiger partial charge in [-0.15, -0.1) is 13.2 Å². The Morgan fingerprint density at radius 3 is 2.39 bits per heavy atom. The summed E-state index contributed by atoms with van der Waals surface area (Å²) in [6.07, 6.45) is 5.22. The third-order valence-corrected chi connectivity index (χ3v) is 6.44. The third-order valence-electron chi connectivity index (χ3n) is 6.44. The number of amides is 2. The van der Waals surface area contributed by atoms with Crippen molar-refractivity contribution < 1.29 is 14.3 Å². The Kier molecular flexibility index (Phi) is 6.35. The van der Waals surface area contributed by atoms with E-state index in [0.29, 0.717) is 32.4 Å². The monoisotopic (exact) mass is 424 g/mol. The zero-order chi connectivity index (χ0) is 23.0. The molecule has 0 saturated carbocycles. The molecule has 0 N–H and O–H groups in total. The molecule has 2 aliphatic heterocycles. The van der Waals surface area contributed by atoms with Crippen molar-refractivity contribution in [3.8, 4) is 0 Å². The Bertz CT molecular complexity index is 873. The first kappa shape index (κ1) is 23.1. The van der Waals surface area contributed by atoms with E-state index in [1.54, 1.807) is 0 Å². The van der Waals surface area contributed by atoms with Crippen molar-refractivity contribution in [1.29, 1.82) is 0 Å². The summed E-state index contributed by atoms with van der Waals surface area (Å²) in [4.78, 5) is 30.6. The molecule has 0 radical (unpaired) electrons. The molecule has 168 valence electrons. The Labute approximate surface area is 186 Å². The lowest BCUT2D eigenvalue weighted by Gasteiger charge is -2.45. The standard InChI is InChI=1S/C26H36N2O3/c1-8-12-26(13-9-2)17-21-22(20-11-10-18(3)16-19(20)4)28(15-14-27(21)23(26)29)24(30)31-25(5,6)7/h8-11,16,21-22H,1-2,12-15,17H2,3-7H3/t21?,22-/m0/s1. The summed E-state index contributed by atoms with van der Waals surface area (Å²) in [7, 11) is 0. The minimum Gasteiger partial charge on any atom is -0.444 e. The molecule has 1 aromatic rings. The lowest BCUT2D eigenvalue weighted by Crippen LogP contribution is -2.56. The number of ether oxygens (including phenoxy) is 1. The molecule has 2 atom stereocenters. The van der Waals surface area contributed by atoms with E-state index in [2.05, 4.69) is 45.2 Å². The molecule has 3 rings (SSSR count). The van der Waals surface area contributed by atoms with Gasteiger partial charge in [0.25, 0.3) is 0 Å². The number of allylic oxidation sites excluding steroid dienone is 2. The van der Waals surface area contributed by atoms with Gasteiger partial charge >= 0.3 is 6.09 Å². The maximum Gasteiger partial charge on any atom is 0.410 e. The van der Waals surface area contributed by atoms with Crippen LogP contribution in [0.2, 0.25) is 0 Å². The van der Waals surface area contributed by atoms with Gasteiger partial charge in [0.1, 0.15) is 5.60 Å². The van der Waals surface area contributed by atoms with Crippen LogP contribution in [0.15, 0.2) is 43.5 Å². The molecule has 2 fully saturated rings. The lowest BCUT2D eigenvalue weighted by molar-refractivity contribution is -0.139. The number of hydrogen-bond donors (Lipinski definition) is 0. The van der Waals surface area contributed by atoms with Gasteiger partial charge in [0.2, 0.25) is 5.91 Å². The topological polar surface area (TPSA) is 49.9 Å². The van der Waals surface area contributed by atoms with Crippen molar-refractivity contribution in [2.45, 2.75) is 71.6 Å². The number of carbonyl (C=O) groups is 2. The summed E-state index contributed by atoms with van der Waals surface area (Å²) < 4.78 is 5.77. The fourth-order valence-corrected chi connectivity index (χ4v) is 5.20. The number of aryl methyl sites for hydroxylation is 2. The van der Waals surface area contributed by atoms with Gasteiger partial charge in [-0.3, -0.25) is 9.69 Å². The normalized spacial score (nSPS) is 22.8. The zero-order valence-electron chi connectivity index (χ0n) is 19.6. The molecule has 2 aliphatic rings. The second-order valence-corrected chi connectivity index (χ2v) is 10.0. The predicted octanol–water partition coefficient (Wildman–Crippen LogP) is 5.33. The van der Waals surface area contributed by atoms with Crippen molar-refractivity contribution in [1.82, 2.24) is 9.80 Å². The maximum atomic E-state index is 13.6. The van der Waals surface area contributed by atoms with Crippen molar-refractivity contribution >= 4 is 12.0 Å². The highest BCUT2D eigenvalue weighted by molar-refractivity contribution is 5.86. The number of rotatable bonds is 5.